The normalized spacial score (nSPS) is 13.3. The van der Waals surface area contributed by atoms with E-state index >= 15 is 0 Å². The lowest BCUT2D eigenvalue weighted by molar-refractivity contribution is -0.160. The number of hydrogen-bond acceptors (Lipinski definition) is 5. The van der Waals surface area contributed by atoms with Gasteiger partial charge in [-0.3, -0.25) is 15.0 Å². The van der Waals surface area contributed by atoms with Crippen LogP contribution >= 0.6 is 11.6 Å². The molecule has 0 spiro atoms. The van der Waals surface area contributed by atoms with E-state index in [2.05, 4.69) is 9.98 Å². The molecule has 1 aromatic heterocycles. The van der Waals surface area contributed by atoms with Crippen LogP contribution in [-0.2, 0) is 4.79 Å². The largest absolute Gasteiger partial charge is 0.387 e. The van der Waals surface area contributed by atoms with Gasteiger partial charge in [-0.2, -0.15) is 0 Å². The van der Waals surface area contributed by atoms with Crippen molar-refractivity contribution in [2.75, 3.05) is 6.54 Å². The first-order valence-electron chi connectivity index (χ1n) is 8.27. The number of benzene rings is 1. The summed E-state index contributed by atoms with van der Waals surface area (Å²) in [7, 11) is 0. The van der Waals surface area contributed by atoms with Crippen molar-refractivity contribution in [1.29, 1.82) is 0 Å². The molecule has 0 saturated heterocycles. The average molecular weight is 371 g/mol. The number of carbonyl (C=O) groups excluding carboxylic acids is 1. The zero-order valence-corrected chi connectivity index (χ0v) is 15.1. The van der Waals surface area contributed by atoms with Crippen molar-refractivity contribution in [3.63, 3.8) is 0 Å². The molecular weight excluding hydrogens is 352 g/mol. The Hall–Kier alpha value is -2.70. The number of amides is 1. The van der Waals surface area contributed by atoms with E-state index < -0.39 is 5.91 Å². The first-order chi connectivity index (χ1) is 12.5. The quantitative estimate of drug-likeness (QED) is 0.632. The van der Waals surface area contributed by atoms with E-state index in [0.717, 1.165) is 21.8 Å². The topological polar surface area (TPSA) is 91.8 Å². The Morgan fingerprint density at radius 1 is 1.31 bits per heavy atom. The van der Waals surface area contributed by atoms with Gasteiger partial charge >= 0.3 is 0 Å². The molecule has 0 saturated carbocycles. The maximum Gasteiger partial charge on any atom is 0.273 e. The number of hydrogen-bond donors (Lipinski definition) is 2. The van der Waals surface area contributed by atoms with Crippen LogP contribution in [0.2, 0.25) is 5.02 Å². The Morgan fingerprint density at radius 2 is 2.12 bits per heavy atom. The Balaban J connectivity index is 2.00. The molecule has 2 aromatic rings. The lowest BCUT2D eigenvalue weighted by atomic mass is 10.0. The van der Waals surface area contributed by atoms with E-state index in [9.17, 15) is 10.0 Å². The molecule has 0 fully saturated rings. The van der Waals surface area contributed by atoms with Crippen molar-refractivity contribution in [3.05, 3.63) is 52.8 Å². The fraction of sp³-hybridized carbons (Fsp3) is 0.211. The third kappa shape index (κ3) is 3.92. The van der Waals surface area contributed by atoms with Gasteiger partial charge in [0, 0.05) is 42.1 Å². The van der Waals surface area contributed by atoms with Crippen LogP contribution in [0.4, 0.5) is 5.69 Å². The van der Waals surface area contributed by atoms with E-state index in [1.54, 1.807) is 18.5 Å². The van der Waals surface area contributed by atoms with E-state index in [4.69, 9.17) is 17.3 Å². The smallest absolute Gasteiger partial charge is 0.273 e. The summed E-state index contributed by atoms with van der Waals surface area (Å²) in [6.45, 7) is 2.15. The monoisotopic (exact) mass is 370 g/mol. The Labute approximate surface area is 156 Å². The summed E-state index contributed by atoms with van der Waals surface area (Å²) in [6.07, 6.45) is 5.85. The molecule has 0 atom stereocenters. The molecular formula is C19H19ClN4O2. The summed E-state index contributed by atoms with van der Waals surface area (Å²) in [4.78, 5) is 20.9. The van der Waals surface area contributed by atoms with Crippen LogP contribution in [0.5, 0.6) is 0 Å². The van der Waals surface area contributed by atoms with Crippen LogP contribution < -0.4 is 5.73 Å². The van der Waals surface area contributed by atoms with E-state index in [1.807, 2.05) is 31.2 Å². The number of halogens is 1. The SMILES string of the molecule is CCCN(O)C(=O)C1=Cc2ccc(-c3cncc(Cl)c3)cc2N=C(N)C1. The van der Waals surface area contributed by atoms with Crippen molar-refractivity contribution in [1.82, 2.24) is 10.0 Å². The van der Waals surface area contributed by atoms with Crippen molar-refractivity contribution in [3.8, 4) is 11.1 Å². The predicted molar refractivity (Wildman–Crippen MR) is 102 cm³/mol. The highest BCUT2D eigenvalue weighted by atomic mass is 35.5. The minimum absolute atomic E-state index is 0.183. The van der Waals surface area contributed by atoms with Crippen LogP contribution in [0.15, 0.2) is 47.2 Å². The van der Waals surface area contributed by atoms with Gasteiger partial charge in [-0.15, -0.1) is 0 Å². The van der Waals surface area contributed by atoms with Gasteiger partial charge in [0.05, 0.1) is 10.7 Å². The Morgan fingerprint density at radius 3 is 2.85 bits per heavy atom. The number of aliphatic imine (C=N–C) groups is 1. The second-order valence-electron chi connectivity index (χ2n) is 6.04. The minimum Gasteiger partial charge on any atom is -0.387 e. The number of pyridine rings is 1. The first-order valence-corrected chi connectivity index (χ1v) is 8.65. The molecule has 26 heavy (non-hydrogen) atoms. The maximum absolute atomic E-state index is 12.4. The van der Waals surface area contributed by atoms with E-state index in [-0.39, 0.29) is 13.0 Å². The number of nitrogens with two attached hydrogens (primary N) is 1. The zero-order chi connectivity index (χ0) is 18.7. The van der Waals surface area contributed by atoms with Crippen LogP contribution in [-0.4, -0.2) is 33.5 Å². The number of carbonyl (C=O) groups is 1. The van der Waals surface area contributed by atoms with Gasteiger partial charge in [-0.25, -0.2) is 10.1 Å². The lowest BCUT2D eigenvalue weighted by Crippen LogP contribution is -2.30. The molecule has 7 heteroatoms. The van der Waals surface area contributed by atoms with Crippen LogP contribution in [0.25, 0.3) is 17.2 Å². The molecule has 0 radical (unpaired) electrons. The van der Waals surface area contributed by atoms with Gasteiger partial charge in [-0.05, 0) is 30.2 Å². The summed E-state index contributed by atoms with van der Waals surface area (Å²) >= 11 is 6.01. The summed E-state index contributed by atoms with van der Waals surface area (Å²) < 4.78 is 0. The van der Waals surface area contributed by atoms with Gasteiger partial charge in [-0.1, -0.05) is 30.7 Å². The van der Waals surface area contributed by atoms with Crippen LogP contribution in [0, 0.1) is 0 Å². The summed E-state index contributed by atoms with van der Waals surface area (Å²) in [5, 5.41) is 11.1. The summed E-state index contributed by atoms with van der Waals surface area (Å²) in [6, 6.07) is 7.47. The second kappa shape index (κ2) is 7.68. The third-order valence-corrected chi connectivity index (χ3v) is 4.19. The highest BCUT2D eigenvalue weighted by Gasteiger charge is 2.20. The van der Waals surface area contributed by atoms with Crippen molar-refractivity contribution < 1.29 is 10.0 Å². The van der Waals surface area contributed by atoms with Crippen LogP contribution in [0.1, 0.15) is 25.3 Å². The van der Waals surface area contributed by atoms with E-state index in [0.29, 0.717) is 28.5 Å². The fourth-order valence-electron chi connectivity index (χ4n) is 2.76. The fourth-order valence-corrected chi connectivity index (χ4v) is 2.93. The van der Waals surface area contributed by atoms with Crippen molar-refractivity contribution >= 4 is 35.1 Å². The van der Waals surface area contributed by atoms with Crippen molar-refractivity contribution in [2.45, 2.75) is 19.8 Å². The number of hydroxylamine groups is 2. The third-order valence-electron chi connectivity index (χ3n) is 3.98. The van der Waals surface area contributed by atoms with E-state index in [1.165, 1.54) is 0 Å². The average Bonchev–Trinajstić information content (AvgIpc) is 2.78. The summed E-state index contributed by atoms with van der Waals surface area (Å²) in [5.74, 6) is -0.143. The number of nitrogens with zero attached hydrogens (tertiary/aromatic N) is 3. The lowest BCUT2D eigenvalue weighted by Gasteiger charge is -2.15. The highest BCUT2D eigenvalue weighted by molar-refractivity contribution is 6.30. The highest BCUT2D eigenvalue weighted by Crippen LogP contribution is 2.32. The molecule has 3 N–H and O–H groups in total. The first kappa shape index (κ1) is 18.1. The molecule has 1 aromatic carbocycles. The van der Waals surface area contributed by atoms with Gasteiger partial charge in [0.1, 0.15) is 5.84 Å². The molecule has 1 amide bonds. The zero-order valence-electron chi connectivity index (χ0n) is 14.3. The predicted octanol–water partition coefficient (Wildman–Crippen LogP) is 3.81. The number of amidine groups is 1. The van der Waals surface area contributed by atoms with Gasteiger partial charge < -0.3 is 5.73 Å². The van der Waals surface area contributed by atoms with Crippen molar-refractivity contribution in [2.24, 2.45) is 10.7 Å². The molecule has 1 aliphatic rings. The number of fused-ring (bicyclic) bond motifs is 1. The maximum atomic E-state index is 12.4. The molecule has 0 bridgehead atoms. The van der Waals surface area contributed by atoms with Gasteiger partial charge in [0.25, 0.3) is 5.91 Å². The Bertz CT molecular complexity index is 908. The molecule has 0 unspecified atom stereocenters. The molecule has 1 aliphatic heterocycles. The molecule has 134 valence electrons. The minimum atomic E-state index is -0.457. The number of rotatable bonds is 4. The number of aromatic nitrogens is 1. The molecule has 3 rings (SSSR count). The second-order valence-corrected chi connectivity index (χ2v) is 6.48. The molecule has 0 aliphatic carbocycles. The van der Waals surface area contributed by atoms with Gasteiger partial charge in [0.2, 0.25) is 0 Å². The summed E-state index contributed by atoms with van der Waals surface area (Å²) in [5.41, 5.74) is 9.57. The standard InChI is InChI=1S/C19H19ClN4O2/c1-2-5-24(26)19(25)14-6-13-4-3-12(8-17(13)23-18(21)9-14)15-7-16(20)11-22-10-15/h3-4,6-8,10-11,26H,2,5,9H2,1H3,(H2,21,23). The molecule has 6 nitrogen and oxygen atoms in total. The molecule has 2 heterocycles. The van der Waals surface area contributed by atoms with Crippen LogP contribution in [0.3, 0.4) is 0 Å². The van der Waals surface area contributed by atoms with Gasteiger partial charge in [0.15, 0.2) is 0 Å². The Kier molecular flexibility index (Phi) is 5.35.